The summed E-state index contributed by atoms with van der Waals surface area (Å²) in [6.07, 6.45) is 3.44. The number of hydrogen-bond acceptors (Lipinski definition) is 2. The molecule has 106 valence electrons. The first kappa shape index (κ1) is 14.5. The first-order valence-electron chi connectivity index (χ1n) is 7.51. The van der Waals surface area contributed by atoms with E-state index in [2.05, 4.69) is 25.7 Å². The van der Waals surface area contributed by atoms with Crippen LogP contribution >= 0.6 is 0 Å². The van der Waals surface area contributed by atoms with Gasteiger partial charge in [0.15, 0.2) is 0 Å². The second-order valence-corrected chi connectivity index (χ2v) is 6.48. The predicted octanol–water partition coefficient (Wildman–Crippen LogP) is 3.62. The average molecular weight is 261 g/mol. The Labute approximate surface area is 117 Å². The van der Waals surface area contributed by atoms with Crippen molar-refractivity contribution >= 4 is 0 Å². The van der Waals surface area contributed by atoms with Crippen LogP contribution in [0.3, 0.4) is 0 Å². The molecule has 19 heavy (non-hydrogen) atoms. The van der Waals surface area contributed by atoms with Crippen LogP contribution in [0.15, 0.2) is 30.3 Å². The summed E-state index contributed by atoms with van der Waals surface area (Å²) < 4.78 is 0. The number of likely N-dealkylation sites (tertiary alicyclic amines) is 1. The Morgan fingerprint density at radius 2 is 2.00 bits per heavy atom. The second kappa shape index (κ2) is 6.06. The Balaban J connectivity index is 2.05. The molecule has 2 heteroatoms. The van der Waals surface area contributed by atoms with Crippen molar-refractivity contribution in [3.63, 3.8) is 0 Å². The molecule has 1 aromatic rings. The summed E-state index contributed by atoms with van der Waals surface area (Å²) in [7, 11) is 0. The van der Waals surface area contributed by atoms with Gasteiger partial charge in [0, 0.05) is 18.0 Å². The van der Waals surface area contributed by atoms with Crippen molar-refractivity contribution in [2.75, 3.05) is 13.1 Å². The highest BCUT2D eigenvalue weighted by Gasteiger charge is 2.34. The summed E-state index contributed by atoms with van der Waals surface area (Å²) in [6, 6.07) is 10.7. The first-order chi connectivity index (χ1) is 9.04. The van der Waals surface area contributed by atoms with Gasteiger partial charge >= 0.3 is 0 Å². The molecule has 1 N–H and O–H groups in total. The van der Waals surface area contributed by atoms with E-state index in [1.54, 1.807) is 0 Å². The van der Waals surface area contributed by atoms with E-state index in [9.17, 15) is 5.11 Å². The van der Waals surface area contributed by atoms with Crippen molar-refractivity contribution in [3.8, 4) is 0 Å². The van der Waals surface area contributed by atoms with Gasteiger partial charge in [0.1, 0.15) is 0 Å². The SMILES string of the molecule is CCC1CCCN1CC(C)(C)C(O)c1ccccc1. The molecule has 0 aromatic heterocycles. The molecule has 0 saturated carbocycles. The van der Waals surface area contributed by atoms with Gasteiger partial charge in [-0.3, -0.25) is 4.90 Å². The van der Waals surface area contributed by atoms with E-state index in [0.717, 1.165) is 12.1 Å². The van der Waals surface area contributed by atoms with Gasteiger partial charge in [-0.05, 0) is 31.4 Å². The maximum atomic E-state index is 10.6. The number of nitrogens with zero attached hydrogens (tertiary/aromatic N) is 1. The molecule has 1 aromatic carbocycles. The Bertz CT molecular complexity index is 388. The van der Waals surface area contributed by atoms with Crippen LogP contribution < -0.4 is 0 Å². The van der Waals surface area contributed by atoms with Gasteiger partial charge in [0.25, 0.3) is 0 Å². The lowest BCUT2D eigenvalue weighted by molar-refractivity contribution is 0.0168. The van der Waals surface area contributed by atoms with Gasteiger partial charge in [-0.2, -0.15) is 0 Å². The van der Waals surface area contributed by atoms with Crippen molar-refractivity contribution in [1.29, 1.82) is 0 Å². The third-order valence-electron chi connectivity index (χ3n) is 4.44. The highest BCUT2D eigenvalue weighted by atomic mass is 16.3. The Hall–Kier alpha value is -0.860. The fourth-order valence-corrected chi connectivity index (χ4v) is 3.26. The Kier molecular flexibility index (Phi) is 4.64. The van der Waals surface area contributed by atoms with E-state index in [1.165, 1.54) is 25.8 Å². The molecule has 1 aliphatic rings. The van der Waals surface area contributed by atoms with E-state index < -0.39 is 6.10 Å². The molecule has 1 aliphatic heterocycles. The lowest BCUT2D eigenvalue weighted by Crippen LogP contribution is -2.40. The quantitative estimate of drug-likeness (QED) is 0.875. The fourth-order valence-electron chi connectivity index (χ4n) is 3.26. The van der Waals surface area contributed by atoms with Gasteiger partial charge in [-0.1, -0.05) is 51.1 Å². The summed E-state index contributed by atoms with van der Waals surface area (Å²) in [5, 5.41) is 10.6. The number of hydrogen-bond donors (Lipinski definition) is 1. The zero-order valence-corrected chi connectivity index (χ0v) is 12.5. The predicted molar refractivity (Wildman–Crippen MR) is 80.1 cm³/mol. The topological polar surface area (TPSA) is 23.5 Å². The summed E-state index contributed by atoms with van der Waals surface area (Å²) in [5.74, 6) is 0. The largest absolute Gasteiger partial charge is 0.388 e. The Morgan fingerprint density at radius 3 is 2.63 bits per heavy atom. The molecule has 1 heterocycles. The van der Waals surface area contributed by atoms with Crippen molar-refractivity contribution in [3.05, 3.63) is 35.9 Å². The number of rotatable bonds is 5. The Morgan fingerprint density at radius 1 is 1.32 bits per heavy atom. The van der Waals surface area contributed by atoms with Gasteiger partial charge in [-0.15, -0.1) is 0 Å². The van der Waals surface area contributed by atoms with Crippen LogP contribution in [0, 0.1) is 5.41 Å². The molecule has 2 nitrogen and oxygen atoms in total. The van der Waals surface area contributed by atoms with Gasteiger partial charge in [-0.25, -0.2) is 0 Å². The maximum absolute atomic E-state index is 10.6. The first-order valence-corrected chi connectivity index (χ1v) is 7.51. The third-order valence-corrected chi connectivity index (χ3v) is 4.44. The highest BCUT2D eigenvalue weighted by Crippen LogP contribution is 2.36. The summed E-state index contributed by atoms with van der Waals surface area (Å²) in [6.45, 7) is 8.78. The smallest absolute Gasteiger partial charge is 0.0853 e. The molecule has 0 bridgehead atoms. The third kappa shape index (κ3) is 3.37. The van der Waals surface area contributed by atoms with Crippen molar-refractivity contribution in [2.45, 2.75) is 52.2 Å². The van der Waals surface area contributed by atoms with E-state index in [0.29, 0.717) is 6.04 Å². The minimum Gasteiger partial charge on any atom is -0.388 e. The van der Waals surface area contributed by atoms with Gasteiger partial charge < -0.3 is 5.11 Å². The van der Waals surface area contributed by atoms with Gasteiger partial charge in [0.05, 0.1) is 6.10 Å². The minimum absolute atomic E-state index is 0.112. The van der Waals surface area contributed by atoms with Crippen LogP contribution in [-0.4, -0.2) is 29.1 Å². The van der Waals surface area contributed by atoms with E-state index in [-0.39, 0.29) is 5.41 Å². The van der Waals surface area contributed by atoms with E-state index >= 15 is 0 Å². The van der Waals surface area contributed by atoms with Crippen LogP contribution in [0.4, 0.5) is 0 Å². The van der Waals surface area contributed by atoms with Crippen LogP contribution in [0.25, 0.3) is 0 Å². The zero-order valence-electron chi connectivity index (χ0n) is 12.5. The van der Waals surface area contributed by atoms with Gasteiger partial charge in [0.2, 0.25) is 0 Å². The molecule has 2 unspecified atom stereocenters. The van der Waals surface area contributed by atoms with E-state index in [1.807, 2.05) is 30.3 Å². The fraction of sp³-hybridized carbons (Fsp3) is 0.647. The molecular formula is C17H27NO. The molecule has 0 amide bonds. The molecule has 2 atom stereocenters. The second-order valence-electron chi connectivity index (χ2n) is 6.48. The molecule has 1 saturated heterocycles. The molecule has 0 spiro atoms. The number of aliphatic hydroxyl groups excluding tert-OH is 1. The molecule has 2 rings (SSSR count). The van der Waals surface area contributed by atoms with Crippen LogP contribution in [0.2, 0.25) is 0 Å². The van der Waals surface area contributed by atoms with Crippen LogP contribution in [-0.2, 0) is 0 Å². The minimum atomic E-state index is -0.396. The average Bonchev–Trinajstić information content (AvgIpc) is 2.85. The molecular weight excluding hydrogens is 234 g/mol. The molecule has 1 fully saturated rings. The van der Waals surface area contributed by atoms with Crippen molar-refractivity contribution < 1.29 is 5.11 Å². The summed E-state index contributed by atoms with van der Waals surface area (Å²) >= 11 is 0. The van der Waals surface area contributed by atoms with E-state index in [4.69, 9.17) is 0 Å². The van der Waals surface area contributed by atoms with Crippen LogP contribution in [0.1, 0.15) is 51.7 Å². The number of benzene rings is 1. The van der Waals surface area contributed by atoms with Crippen LogP contribution in [0.5, 0.6) is 0 Å². The van der Waals surface area contributed by atoms with Crippen molar-refractivity contribution in [2.24, 2.45) is 5.41 Å². The van der Waals surface area contributed by atoms with Crippen molar-refractivity contribution in [1.82, 2.24) is 4.90 Å². The standard InChI is InChI=1S/C17H27NO/c1-4-15-11-8-12-18(15)13-17(2,3)16(19)14-9-6-5-7-10-14/h5-7,9-10,15-16,19H,4,8,11-13H2,1-3H3. The summed E-state index contributed by atoms with van der Waals surface area (Å²) in [4.78, 5) is 2.56. The number of aliphatic hydroxyl groups is 1. The molecule has 0 radical (unpaired) electrons. The highest BCUT2D eigenvalue weighted by molar-refractivity contribution is 5.19. The lowest BCUT2D eigenvalue weighted by atomic mass is 9.82. The monoisotopic (exact) mass is 261 g/mol. The maximum Gasteiger partial charge on any atom is 0.0853 e. The summed E-state index contributed by atoms with van der Waals surface area (Å²) in [5.41, 5.74) is 0.916. The lowest BCUT2D eigenvalue weighted by Gasteiger charge is -2.37. The normalized spacial score (nSPS) is 22.6. The zero-order chi connectivity index (χ0) is 13.9. The molecule has 0 aliphatic carbocycles.